The highest BCUT2D eigenvalue weighted by molar-refractivity contribution is 5.19. The summed E-state index contributed by atoms with van der Waals surface area (Å²) in [6.45, 7) is 7.39. The SMILES string of the molecule is Cc1ccc(C)cc1.FCCCN1CCCCC1. The molecule has 1 fully saturated rings. The molecule has 0 N–H and O–H groups in total. The summed E-state index contributed by atoms with van der Waals surface area (Å²) in [5.74, 6) is 0. The highest BCUT2D eigenvalue weighted by atomic mass is 19.1. The maximum Gasteiger partial charge on any atom is 0.0906 e. The van der Waals surface area contributed by atoms with Gasteiger partial charge in [0.05, 0.1) is 6.67 Å². The average molecular weight is 251 g/mol. The third-order valence-electron chi connectivity index (χ3n) is 3.27. The predicted molar refractivity (Wildman–Crippen MR) is 76.8 cm³/mol. The maximum absolute atomic E-state index is 11.7. The van der Waals surface area contributed by atoms with E-state index in [2.05, 4.69) is 43.0 Å². The molecule has 0 bridgehead atoms. The van der Waals surface area contributed by atoms with Crippen molar-refractivity contribution in [3.05, 3.63) is 35.4 Å². The number of benzene rings is 1. The van der Waals surface area contributed by atoms with Crippen molar-refractivity contribution in [3.63, 3.8) is 0 Å². The summed E-state index contributed by atoms with van der Waals surface area (Å²) >= 11 is 0. The van der Waals surface area contributed by atoms with Crippen LogP contribution in [0.5, 0.6) is 0 Å². The topological polar surface area (TPSA) is 3.24 Å². The lowest BCUT2D eigenvalue weighted by atomic mass is 10.1. The van der Waals surface area contributed by atoms with Gasteiger partial charge in [-0.25, -0.2) is 0 Å². The minimum absolute atomic E-state index is 0.156. The Kier molecular flexibility index (Phi) is 7.66. The Morgan fingerprint density at radius 2 is 1.44 bits per heavy atom. The van der Waals surface area contributed by atoms with Gasteiger partial charge < -0.3 is 4.90 Å². The molecule has 1 aliphatic heterocycles. The first-order valence-corrected chi connectivity index (χ1v) is 7.04. The van der Waals surface area contributed by atoms with Crippen molar-refractivity contribution in [1.29, 1.82) is 0 Å². The summed E-state index contributed by atoms with van der Waals surface area (Å²) < 4.78 is 11.7. The van der Waals surface area contributed by atoms with Gasteiger partial charge in [-0.3, -0.25) is 4.39 Å². The second-order valence-electron chi connectivity index (χ2n) is 5.10. The molecule has 2 heteroatoms. The van der Waals surface area contributed by atoms with E-state index in [4.69, 9.17) is 0 Å². The number of halogens is 1. The van der Waals surface area contributed by atoms with E-state index >= 15 is 0 Å². The highest BCUT2D eigenvalue weighted by Crippen LogP contribution is 2.08. The minimum atomic E-state index is -0.156. The Morgan fingerprint density at radius 1 is 0.944 bits per heavy atom. The fourth-order valence-electron chi connectivity index (χ4n) is 2.10. The minimum Gasteiger partial charge on any atom is -0.303 e. The Balaban J connectivity index is 0.000000184. The molecule has 1 nitrogen and oxygen atoms in total. The molecule has 102 valence electrons. The van der Waals surface area contributed by atoms with Crippen LogP contribution in [0.4, 0.5) is 4.39 Å². The lowest BCUT2D eigenvalue weighted by Gasteiger charge is -2.25. The Labute approximate surface area is 111 Å². The molecular weight excluding hydrogens is 225 g/mol. The monoisotopic (exact) mass is 251 g/mol. The normalized spacial score (nSPS) is 15.9. The number of aryl methyl sites for hydroxylation is 2. The Hall–Kier alpha value is -0.890. The van der Waals surface area contributed by atoms with Crippen LogP contribution in [0.3, 0.4) is 0 Å². The summed E-state index contributed by atoms with van der Waals surface area (Å²) in [5, 5.41) is 0. The molecule has 0 saturated carbocycles. The van der Waals surface area contributed by atoms with E-state index in [1.807, 2.05) is 0 Å². The van der Waals surface area contributed by atoms with Crippen LogP contribution in [0.15, 0.2) is 24.3 Å². The number of nitrogens with zero attached hydrogens (tertiary/aromatic N) is 1. The fourth-order valence-corrected chi connectivity index (χ4v) is 2.10. The smallest absolute Gasteiger partial charge is 0.0906 e. The fraction of sp³-hybridized carbons (Fsp3) is 0.625. The van der Waals surface area contributed by atoms with Crippen LogP contribution in [-0.2, 0) is 0 Å². The molecular formula is C16H26FN. The molecule has 0 spiro atoms. The van der Waals surface area contributed by atoms with Crippen molar-refractivity contribution in [2.45, 2.75) is 39.5 Å². The third-order valence-corrected chi connectivity index (χ3v) is 3.27. The number of hydrogen-bond donors (Lipinski definition) is 0. The van der Waals surface area contributed by atoms with Crippen LogP contribution in [0.2, 0.25) is 0 Å². The van der Waals surface area contributed by atoms with Crippen LogP contribution in [0, 0.1) is 13.8 Å². The molecule has 0 radical (unpaired) electrons. The van der Waals surface area contributed by atoms with E-state index in [-0.39, 0.29) is 6.67 Å². The summed E-state index contributed by atoms with van der Waals surface area (Å²) in [6, 6.07) is 8.48. The molecule has 1 saturated heterocycles. The molecule has 1 aliphatic rings. The average Bonchev–Trinajstić information content (AvgIpc) is 2.42. The molecule has 2 rings (SSSR count). The van der Waals surface area contributed by atoms with Crippen molar-refractivity contribution in [1.82, 2.24) is 4.90 Å². The lowest BCUT2D eigenvalue weighted by molar-refractivity contribution is 0.219. The molecule has 1 aromatic carbocycles. The molecule has 18 heavy (non-hydrogen) atoms. The Bertz CT molecular complexity index is 280. The van der Waals surface area contributed by atoms with Gasteiger partial charge in [-0.05, 0) is 46.2 Å². The van der Waals surface area contributed by atoms with Crippen LogP contribution in [0.25, 0.3) is 0 Å². The predicted octanol–water partition coefficient (Wildman–Crippen LogP) is 4.14. The molecule has 0 unspecified atom stereocenters. The van der Waals surface area contributed by atoms with E-state index < -0.39 is 0 Å². The summed E-state index contributed by atoms with van der Waals surface area (Å²) in [7, 11) is 0. The Morgan fingerprint density at radius 3 is 1.89 bits per heavy atom. The van der Waals surface area contributed by atoms with Crippen LogP contribution in [-0.4, -0.2) is 31.2 Å². The quantitative estimate of drug-likeness (QED) is 0.780. The van der Waals surface area contributed by atoms with Crippen molar-refractivity contribution < 1.29 is 4.39 Å². The maximum atomic E-state index is 11.7. The first-order valence-electron chi connectivity index (χ1n) is 7.04. The molecule has 1 aromatic rings. The second kappa shape index (κ2) is 9.09. The highest BCUT2D eigenvalue weighted by Gasteiger charge is 2.08. The summed E-state index contributed by atoms with van der Waals surface area (Å²) in [5.41, 5.74) is 2.66. The summed E-state index contributed by atoms with van der Waals surface area (Å²) in [6.07, 6.45) is 4.71. The van der Waals surface area contributed by atoms with Gasteiger partial charge in [0.15, 0.2) is 0 Å². The van der Waals surface area contributed by atoms with Gasteiger partial charge in [-0.1, -0.05) is 41.8 Å². The first kappa shape index (κ1) is 15.2. The zero-order chi connectivity index (χ0) is 13.2. The second-order valence-corrected chi connectivity index (χ2v) is 5.10. The molecule has 1 heterocycles. The number of hydrogen-bond acceptors (Lipinski definition) is 1. The van der Waals surface area contributed by atoms with E-state index in [0.29, 0.717) is 0 Å². The number of likely N-dealkylation sites (tertiary alicyclic amines) is 1. The first-order chi connectivity index (χ1) is 8.72. The van der Waals surface area contributed by atoms with Crippen molar-refractivity contribution in [2.75, 3.05) is 26.3 Å². The van der Waals surface area contributed by atoms with Crippen molar-refractivity contribution in [2.24, 2.45) is 0 Å². The van der Waals surface area contributed by atoms with Crippen molar-refractivity contribution in [3.8, 4) is 0 Å². The van der Waals surface area contributed by atoms with E-state index in [1.54, 1.807) is 0 Å². The van der Waals surface area contributed by atoms with Gasteiger partial charge in [-0.15, -0.1) is 0 Å². The molecule has 0 atom stereocenters. The molecule has 0 aromatic heterocycles. The number of alkyl halides is 1. The largest absolute Gasteiger partial charge is 0.303 e. The van der Waals surface area contributed by atoms with E-state index in [9.17, 15) is 4.39 Å². The van der Waals surface area contributed by atoms with Gasteiger partial charge in [-0.2, -0.15) is 0 Å². The van der Waals surface area contributed by atoms with Crippen LogP contribution >= 0.6 is 0 Å². The standard InChI is InChI=1S/C8H16FN.C8H10/c9-5-4-8-10-6-2-1-3-7-10;1-7-3-5-8(2)6-4-7/h1-8H2;3-6H,1-2H3. The lowest BCUT2D eigenvalue weighted by Crippen LogP contribution is -2.30. The van der Waals surface area contributed by atoms with E-state index in [1.165, 1.54) is 43.5 Å². The van der Waals surface area contributed by atoms with Gasteiger partial charge >= 0.3 is 0 Å². The molecule has 0 amide bonds. The van der Waals surface area contributed by atoms with Gasteiger partial charge in [0.1, 0.15) is 0 Å². The van der Waals surface area contributed by atoms with Gasteiger partial charge in [0.2, 0.25) is 0 Å². The van der Waals surface area contributed by atoms with Crippen molar-refractivity contribution >= 4 is 0 Å². The van der Waals surface area contributed by atoms with Gasteiger partial charge in [0, 0.05) is 6.54 Å². The molecule has 0 aliphatic carbocycles. The third kappa shape index (κ3) is 6.75. The number of piperidine rings is 1. The van der Waals surface area contributed by atoms with Crippen LogP contribution in [0.1, 0.15) is 36.8 Å². The van der Waals surface area contributed by atoms with Crippen LogP contribution < -0.4 is 0 Å². The zero-order valence-electron chi connectivity index (χ0n) is 11.8. The van der Waals surface area contributed by atoms with E-state index in [0.717, 1.165) is 13.0 Å². The number of rotatable bonds is 3. The zero-order valence-corrected chi connectivity index (χ0v) is 11.8. The van der Waals surface area contributed by atoms with Gasteiger partial charge in [0.25, 0.3) is 0 Å². The summed E-state index contributed by atoms with van der Waals surface area (Å²) in [4.78, 5) is 2.36.